The zero-order chi connectivity index (χ0) is 13.4. The summed E-state index contributed by atoms with van der Waals surface area (Å²) in [6, 6.07) is 6.36. The van der Waals surface area contributed by atoms with E-state index in [0.717, 1.165) is 29.9 Å². The van der Waals surface area contributed by atoms with Gasteiger partial charge in [-0.15, -0.1) is 0 Å². The Morgan fingerprint density at radius 1 is 1.05 bits per heavy atom. The van der Waals surface area contributed by atoms with Crippen LogP contribution in [0.25, 0.3) is 11.4 Å². The van der Waals surface area contributed by atoms with Gasteiger partial charge in [0, 0.05) is 16.8 Å². The van der Waals surface area contributed by atoms with E-state index in [4.69, 9.17) is 10.7 Å². The molecule has 0 saturated carbocycles. The zero-order valence-corrected chi connectivity index (χ0v) is 11.5. The van der Waals surface area contributed by atoms with E-state index in [1.807, 2.05) is 0 Å². The van der Waals surface area contributed by atoms with Crippen molar-refractivity contribution in [3.05, 3.63) is 40.6 Å². The van der Waals surface area contributed by atoms with Gasteiger partial charge in [-0.05, 0) is 51.2 Å². The molecule has 0 unspecified atom stereocenters. The summed E-state index contributed by atoms with van der Waals surface area (Å²) in [6.45, 7) is 4.18. The second-order valence-corrected chi connectivity index (χ2v) is 5.38. The number of anilines is 1. The third-order valence-electron chi connectivity index (χ3n) is 3.85. The standard InChI is InChI=1S/C16H19N3/c1-10-7-8-11(2)13(9-10)16-18-14-6-4-3-5-12(14)15(17)19-16/h7-9H,3-6H2,1-2H3,(H2,17,18,19). The number of fused-ring (bicyclic) bond motifs is 1. The molecule has 2 N–H and O–H groups in total. The van der Waals surface area contributed by atoms with E-state index < -0.39 is 0 Å². The van der Waals surface area contributed by atoms with Crippen molar-refractivity contribution >= 4 is 5.82 Å². The van der Waals surface area contributed by atoms with E-state index in [9.17, 15) is 0 Å². The maximum Gasteiger partial charge on any atom is 0.162 e. The van der Waals surface area contributed by atoms with Crippen molar-refractivity contribution in [2.24, 2.45) is 0 Å². The summed E-state index contributed by atoms with van der Waals surface area (Å²) in [5.74, 6) is 1.44. The largest absolute Gasteiger partial charge is 0.383 e. The average molecular weight is 253 g/mol. The lowest BCUT2D eigenvalue weighted by Crippen LogP contribution is -2.12. The highest BCUT2D eigenvalue weighted by Crippen LogP contribution is 2.28. The van der Waals surface area contributed by atoms with Crippen LogP contribution < -0.4 is 5.73 Å². The van der Waals surface area contributed by atoms with Crippen LogP contribution in [0, 0.1) is 13.8 Å². The smallest absolute Gasteiger partial charge is 0.162 e. The molecule has 0 aliphatic heterocycles. The first-order valence-electron chi connectivity index (χ1n) is 6.88. The Balaban J connectivity index is 2.15. The Morgan fingerprint density at radius 2 is 1.84 bits per heavy atom. The van der Waals surface area contributed by atoms with E-state index in [1.54, 1.807) is 0 Å². The van der Waals surface area contributed by atoms with Crippen LogP contribution in [0.4, 0.5) is 5.82 Å². The summed E-state index contributed by atoms with van der Waals surface area (Å²) in [7, 11) is 0. The fourth-order valence-electron chi connectivity index (χ4n) is 2.72. The number of nitrogens with two attached hydrogens (primary N) is 1. The van der Waals surface area contributed by atoms with Crippen LogP contribution in [-0.4, -0.2) is 9.97 Å². The van der Waals surface area contributed by atoms with Crippen molar-refractivity contribution in [3.63, 3.8) is 0 Å². The lowest BCUT2D eigenvalue weighted by molar-refractivity contribution is 0.666. The molecule has 0 bridgehead atoms. The van der Waals surface area contributed by atoms with Crippen LogP contribution in [0.1, 0.15) is 35.2 Å². The maximum absolute atomic E-state index is 6.12. The van der Waals surface area contributed by atoms with E-state index >= 15 is 0 Å². The molecule has 2 aromatic rings. The van der Waals surface area contributed by atoms with Crippen LogP contribution in [0.15, 0.2) is 18.2 Å². The molecule has 1 aromatic carbocycles. The molecular weight excluding hydrogens is 234 g/mol. The molecule has 0 fully saturated rings. The van der Waals surface area contributed by atoms with Crippen molar-refractivity contribution in [2.45, 2.75) is 39.5 Å². The van der Waals surface area contributed by atoms with Gasteiger partial charge >= 0.3 is 0 Å². The van der Waals surface area contributed by atoms with Crippen LogP contribution in [0.2, 0.25) is 0 Å². The molecule has 3 nitrogen and oxygen atoms in total. The number of rotatable bonds is 1. The number of aromatic nitrogens is 2. The predicted octanol–water partition coefficient (Wildman–Crippen LogP) is 3.22. The summed E-state index contributed by atoms with van der Waals surface area (Å²) in [6.07, 6.45) is 4.45. The molecule has 0 spiro atoms. The van der Waals surface area contributed by atoms with Gasteiger partial charge in [0.1, 0.15) is 5.82 Å². The number of nitrogens with zero attached hydrogens (tertiary/aromatic N) is 2. The first-order valence-corrected chi connectivity index (χ1v) is 6.88. The van der Waals surface area contributed by atoms with Gasteiger partial charge in [0.05, 0.1) is 0 Å². The Hall–Kier alpha value is -1.90. The van der Waals surface area contributed by atoms with Crippen molar-refractivity contribution in [1.82, 2.24) is 9.97 Å². The molecule has 1 aromatic heterocycles. The van der Waals surface area contributed by atoms with Gasteiger partial charge in [0.2, 0.25) is 0 Å². The van der Waals surface area contributed by atoms with Gasteiger partial charge < -0.3 is 5.73 Å². The molecule has 0 atom stereocenters. The molecule has 3 heteroatoms. The van der Waals surface area contributed by atoms with E-state index in [1.165, 1.54) is 29.5 Å². The number of nitrogen functional groups attached to an aromatic ring is 1. The van der Waals surface area contributed by atoms with E-state index in [0.29, 0.717) is 5.82 Å². The second-order valence-electron chi connectivity index (χ2n) is 5.38. The van der Waals surface area contributed by atoms with Crippen molar-refractivity contribution < 1.29 is 0 Å². The summed E-state index contributed by atoms with van der Waals surface area (Å²) >= 11 is 0. The van der Waals surface area contributed by atoms with Crippen molar-refractivity contribution in [1.29, 1.82) is 0 Å². The third-order valence-corrected chi connectivity index (χ3v) is 3.85. The third kappa shape index (κ3) is 2.21. The topological polar surface area (TPSA) is 51.8 Å². The number of benzene rings is 1. The van der Waals surface area contributed by atoms with Gasteiger partial charge in [0.15, 0.2) is 5.82 Å². The minimum Gasteiger partial charge on any atom is -0.383 e. The number of hydrogen-bond acceptors (Lipinski definition) is 3. The van der Waals surface area contributed by atoms with E-state index in [-0.39, 0.29) is 0 Å². The molecule has 1 aliphatic rings. The molecule has 1 aliphatic carbocycles. The fourth-order valence-corrected chi connectivity index (χ4v) is 2.72. The van der Waals surface area contributed by atoms with Crippen LogP contribution in [0.5, 0.6) is 0 Å². The van der Waals surface area contributed by atoms with Crippen LogP contribution in [0.3, 0.4) is 0 Å². The molecule has 19 heavy (non-hydrogen) atoms. The molecule has 1 heterocycles. The van der Waals surface area contributed by atoms with Crippen molar-refractivity contribution in [2.75, 3.05) is 5.73 Å². The summed E-state index contributed by atoms with van der Waals surface area (Å²) in [4.78, 5) is 9.28. The fraction of sp³-hybridized carbons (Fsp3) is 0.375. The quantitative estimate of drug-likeness (QED) is 0.849. The zero-order valence-electron chi connectivity index (χ0n) is 11.5. The summed E-state index contributed by atoms with van der Waals surface area (Å²) in [5.41, 5.74) is 11.9. The summed E-state index contributed by atoms with van der Waals surface area (Å²) in [5, 5.41) is 0. The average Bonchev–Trinajstić information content (AvgIpc) is 2.41. The normalized spacial score (nSPS) is 14.2. The Kier molecular flexibility index (Phi) is 2.97. The Labute approximate surface area is 113 Å². The Morgan fingerprint density at radius 3 is 2.68 bits per heavy atom. The van der Waals surface area contributed by atoms with Crippen LogP contribution in [-0.2, 0) is 12.8 Å². The molecule has 3 rings (SSSR count). The van der Waals surface area contributed by atoms with Crippen LogP contribution >= 0.6 is 0 Å². The first kappa shape index (κ1) is 12.2. The minimum atomic E-state index is 0.667. The highest BCUT2D eigenvalue weighted by molar-refractivity contribution is 5.63. The second kappa shape index (κ2) is 4.65. The molecular formula is C16H19N3. The lowest BCUT2D eigenvalue weighted by atomic mass is 9.96. The molecule has 0 amide bonds. The van der Waals surface area contributed by atoms with Gasteiger partial charge in [0.25, 0.3) is 0 Å². The van der Waals surface area contributed by atoms with Gasteiger partial charge in [-0.3, -0.25) is 0 Å². The minimum absolute atomic E-state index is 0.667. The molecule has 98 valence electrons. The first-order chi connectivity index (χ1) is 9.15. The SMILES string of the molecule is Cc1ccc(C)c(-c2nc(N)c3c(n2)CCCC3)c1. The van der Waals surface area contributed by atoms with Gasteiger partial charge in [-0.25, -0.2) is 9.97 Å². The highest BCUT2D eigenvalue weighted by Gasteiger charge is 2.17. The van der Waals surface area contributed by atoms with Gasteiger partial charge in [-0.1, -0.05) is 17.7 Å². The summed E-state index contributed by atoms with van der Waals surface area (Å²) < 4.78 is 0. The highest BCUT2D eigenvalue weighted by atomic mass is 15.0. The Bertz CT molecular complexity index is 632. The number of hydrogen-bond donors (Lipinski definition) is 1. The van der Waals surface area contributed by atoms with Crippen molar-refractivity contribution in [3.8, 4) is 11.4 Å². The monoisotopic (exact) mass is 253 g/mol. The molecule has 0 saturated heterocycles. The van der Waals surface area contributed by atoms with Gasteiger partial charge in [-0.2, -0.15) is 0 Å². The van der Waals surface area contributed by atoms with E-state index in [2.05, 4.69) is 37.0 Å². The number of aryl methyl sites for hydroxylation is 3. The maximum atomic E-state index is 6.12. The predicted molar refractivity (Wildman–Crippen MR) is 78.0 cm³/mol. The molecule has 0 radical (unpaired) electrons. The lowest BCUT2D eigenvalue weighted by Gasteiger charge is -2.17.